The van der Waals surface area contributed by atoms with Crippen molar-refractivity contribution >= 4 is 34.6 Å². The lowest BCUT2D eigenvalue weighted by Crippen LogP contribution is -2.12. The maximum Gasteiger partial charge on any atom is 0.257 e. The molecule has 0 aliphatic rings. The predicted octanol–water partition coefficient (Wildman–Crippen LogP) is 5.49. The van der Waals surface area contributed by atoms with E-state index in [1.54, 1.807) is 18.3 Å². The minimum Gasteiger partial charge on any atom is -0.354 e. The molecule has 4 nitrogen and oxygen atoms in total. The number of halogens is 2. The first-order valence-corrected chi connectivity index (χ1v) is 8.35. The molecule has 0 bridgehead atoms. The number of nitrogens with one attached hydrogen (secondary N) is 2. The first-order chi connectivity index (χ1) is 12.4. The van der Waals surface area contributed by atoms with E-state index in [9.17, 15) is 9.18 Å². The summed E-state index contributed by atoms with van der Waals surface area (Å²) in [6.45, 7) is 3.95. The van der Waals surface area contributed by atoms with Crippen LogP contribution in [0.2, 0.25) is 5.02 Å². The molecule has 0 spiro atoms. The van der Waals surface area contributed by atoms with Gasteiger partial charge in [-0.25, -0.2) is 4.39 Å². The van der Waals surface area contributed by atoms with Gasteiger partial charge in [-0.2, -0.15) is 0 Å². The number of carbonyl (C=O) groups is 1. The number of benzene rings is 2. The van der Waals surface area contributed by atoms with Crippen molar-refractivity contribution in [2.75, 3.05) is 10.6 Å². The van der Waals surface area contributed by atoms with Crippen LogP contribution in [-0.4, -0.2) is 10.9 Å². The van der Waals surface area contributed by atoms with Gasteiger partial charge >= 0.3 is 0 Å². The Bertz CT molecular complexity index is 955. The zero-order chi connectivity index (χ0) is 18.7. The maximum atomic E-state index is 13.2. The molecule has 0 radical (unpaired) electrons. The summed E-state index contributed by atoms with van der Waals surface area (Å²) in [5.41, 5.74) is 4.48. The molecular formula is C20H17ClFN3O. The number of aromatic nitrogens is 1. The van der Waals surface area contributed by atoms with E-state index in [2.05, 4.69) is 15.6 Å². The SMILES string of the molecule is Cc1cc(C)cc(NC(=O)c2cncc(Nc3ccc(F)c(Cl)c3)c2)c1. The van der Waals surface area contributed by atoms with E-state index >= 15 is 0 Å². The van der Waals surface area contributed by atoms with Crippen molar-refractivity contribution in [2.45, 2.75) is 13.8 Å². The zero-order valence-corrected chi connectivity index (χ0v) is 15.1. The molecule has 0 unspecified atom stereocenters. The number of amides is 1. The lowest BCUT2D eigenvalue weighted by Gasteiger charge is -2.10. The fourth-order valence-electron chi connectivity index (χ4n) is 2.62. The lowest BCUT2D eigenvalue weighted by molar-refractivity contribution is 0.102. The van der Waals surface area contributed by atoms with Crippen LogP contribution < -0.4 is 10.6 Å². The Morgan fingerprint density at radius 2 is 1.69 bits per heavy atom. The highest BCUT2D eigenvalue weighted by molar-refractivity contribution is 6.31. The lowest BCUT2D eigenvalue weighted by atomic mass is 10.1. The van der Waals surface area contributed by atoms with Gasteiger partial charge in [-0.05, 0) is 61.4 Å². The summed E-state index contributed by atoms with van der Waals surface area (Å²) in [7, 11) is 0. The summed E-state index contributed by atoms with van der Waals surface area (Å²) >= 11 is 5.78. The maximum absolute atomic E-state index is 13.2. The molecule has 1 heterocycles. The highest BCUT2D eigenvalue weighted by Crippen LogP contribution is 2.23. The average Bonchev–Trinajstić information content (AvgIpc) is 2.57. The summed E-state index contributed by atoms with van der Waals surface area (Å²) in [4.78, 5) is 16.6. The van der Waals surface area contributed by atoms with E-state index in [0.717, 1.165) is 16.8 Å². The molecule has 6 heteroatoms. The molecule has 1 amide bonds. The van der Waals surface area contributed by atoms with Crippen molar-refractivity contribution in [2.24, 2.45) is 0 Å². The Balaban J connectivity index is 1.77. The van der Waals surface area contributed by atoms with Crippen molar-refractivity contribution in [3.8, 4) is 0 Å². The van der Waals surface area contributed by atoms with Gasteiger partial charge in [0.1, 0.15) is 5.82 Å². The number of hydrogen-bond acceptors (Lipinski definition) is 3. The Hall–Kier alpha value is -2.92. The molecule has 1 aromatic heterocycles. The van der Waals surface area contributed by atoms with Crippen molar-refractivity contribution in [1.82, 2.24) is 4.98 Å². The topological polar surface area (TPSA) is 54.0 Å². The molecule has 3 aromatic rings. The van der Waals surface area contributed by atoms with Gasteiger partial charge in [0.2, 0.25) is 0 Å². The highest BCUT2D eigenvalue weighted by Gasteiger charge is 2.09. The summed E-state index contributed by atoms with van der Waals surface area (Å²) in [6, 6.07) is 11.8. The van der Waals surface area contributed by atoms with Gasteiger partial charge in [0.05, 0.1) is 22.5 Å². The molecular weight excluding hydrogens is 353 g/mol. The van der Waals surface area contributed by atoms with Crippen LogP contribution in [0.1, 0.15) is 21.5 Å². The third-order valence-corrected chi connectivity index (χ3v) is 3.98. The molecule has 2 N–H and O–H groups in total. The zero-order valence-electron chi connectivity index (χ0n) is 14.3. The number of aryl methyl sites for hydroxylation is 2. The van der Waals surface area contributed by atoms with Crippen LogP contribution in [0.25, 0.3) is 0 Å². The summed E-state index contributed by atoms with van der Waals surface area (Å²) in [6.07, 6.45) is 3.06. The van der Waals surface area contributed by atoms with Gasteiger partial charge in [-0.3, -0.25) is 9.78 Å². The van der Waals surface area contributed by atoms with Crippen LogP contribution in [0.4, 0.5) is 21.5 Å². The monoisotopic (exact) mass is 369 g/mol. The molecule has 132 valence electrons. The second-order valence-corrected chi connectivity index (χ2v) is 6.45. The second-order valence-electron chi connectivity index (χ2n) is 6.05. The minimum absolute atomic E-state index is 0.0201. The van der Waals surface area contributed by atoms with Crippen molar-refractivity contribution in [3.05, 3.63) is 82.4 Å². The number of anilines is 3. The van der Waals surface area contributed by atoms with E-state index in [4.69, 9.17) is 11.6 Å². The molecule has 0 aliphatic heterocycles. The Morgan fingerprint density at radius 1 is 0.962 bits per heavy atom. The van der Waals surface area contributed by atoms with Crippen molar-refractivity contribution in [1.29, 1.82) is 0 Å². The molecule has 0 aliphatic carbocycles. The van der Waals surface area contributed by atoms with E-state index < -0.39 is 5.82 Å². The normalized spacial score (nSPS) is 10.5. The first-order valence-electron chi connectivity index (χ1n) is 7.97. The minimum atomic E-state index is -0.489. The molecule has 0 fully saturated rings. The number of pyridine rings is 1. The Morgan fingerprint density at radius 3 is 2.38 bits per heavy atom. The average molecular weight is 370 g/mol. The summed E-state index contributed by atoms with van der Waals surface area (Å²) < 4.78 is 13.2. The number of carbonyl (C=O) groups excluding carboxylic acids is 1. The van der Waals surface area contributed by atoms with E-state index in [0.29, 0.717) is 16.9 Å². The van der Waals surface area contributed by atoms with Gasteiger partial charge in [0, 0.05) is 17.6 Å². The molecule has 0 atom stereocenters. The number of nitrogens with zero attached hydrogens (tertiary/aromatic N) is 1. The third kappa shape index (κ3) is 4.37. The van der Waals surface area contributed by atoms with Crippen molar-refractivity contribution in [3.63, 3.8) is 0 Å². The van der Waals surface area contributed by atoms with E-state index in [1.807, 2.05) is 32.0 Å². The van der Waals surface area contributed by atoms with Crippen LogP contribution in [0, 0.1) is 19.7 Å². The fraction of sp³-hybridized carbons (Fsp3) is 0.100. The Labute approximate surface area is 156 Å². The smallest absolute Gasteiger partial charge is 0.257 e. The molecule has 3 rings (SSSR count). The number of rotatable bonds is 4. The van der Waals surface area contributed by atoms with Crippen LogP contribution in [0.5, 0.6) is 0 Å². The molecule has 26 heavy (non-hydrogen) atoms. The van der Waals surface area contributed by atoms with Crippen LogP contribution in [0.3, 0.4) is 0 Å². The van der Waals surface area contributed by atoms with E-state index in [1.165, 1.54) is 18.3 Å². The van der Waals surface area contributed by atoms with Gasteiger partial charge in [0.25, 0.3) is 5.91 Å². The van der Waals surface area contributed by atoms with E-state index in [-0.39, 0.29) is 10.9 Å². The third-order valence-electron chi connectivity index (χ3n) is 3.69. The first kappa shape index (κ1) is 17.9. The quantitative estimate of drug-likeness (QED) is 0.639. The van der Waals surface area contributed by atoms with Crippen molar-refractivity contribution < 1.29 is 9.18 Å². The largest absolute Gasteiger partial charge is 0.354 e. The Kier molecular flexibility index (Phi) is 5.19. The van der Waals surface area contributed by atoms with Crippen LogP contribution >= 0.6 is 11.6 Å². The molecule has 0 saturated heterocycles. The highest BCUT2D eigenvalue weighted by atomic mass is 35.5. The van der Waals surface area contributed by atoms with Crippen LogP contribution in [-0.2, 0) is 0 Å². The van der Waals surface area contributed by atoms with Gasteiger partial charge in [-0.15, -0.1) is 0 Å². The number of hydrogen-bond donors (Lipinski definition) is 2. The standard InChI is InChI=1S/C20H17ClFN3O/c1-12-5-13(2)7-16(6-12)25-20(26)14-8-17(11-23-10-14)24-15-3-4-19(22)18(21)9-15/h3-11,24H,1-2H3,(H,25,26). The summed E-state index contributed by atoms with van der Waals surface area (Å²) in [5.74, 6) is -0.750. The second kappa shape index (κ2) is 7.54. The fourth-order valence-corrected chi connectivity index (χ4v) is 2.80. The molecule has 2 aromatic carbocycles. The van der Waals surface area contributed by atoms with Crippen LogP contribution in [0.15, 0.2) is 54.9 Å². The van der Waals surface area contributed by atoms with Gasteiger partial charge < -0.3 is 10.6 Å². The van der Waals surface area contributed by atoms with Gasteiger partial charge in [0.15, 0.2) is 0 Å². The molecule has 0 saturated carbocycles. The van der Waals surface area contributed by atoms with Gasteiger partial charge in [-0.1, -0.05) is 17.7 Å². The summed E-state index contributed by atoms with van der Waals surface area (Å²) in [5, 5.41) is 5.95. The predicted molar refractivity (Wildman–Crippen MR) is 103 cm³/mol.